The number of amides is 1. The highest BCUT2D eigenvalue weighted by atomic mass is 35.5. The summed E-state index contributed by atoms with van der Waals surface area (Å²) in [6.45, 7) is 0.0510. The molecule has 2 N–H and O–H groups in total. The van der Waals surface area contributed by atoms with Crippen LogP contribution in [0.2, 0.25) is 5.02 Å². The third-order valence-corrected chi connectivity index (χ3v) is 3.04. The molecule has 0 radical (unpaired) electrons. The van der Waals surface area contributed by atoms with E-state index in [0.717, 1.165) is 0 Å². The molecule has 0 heterocycles. The van der Waals surface area contributed by atoms with Gasteiger partial charge in [0.25, 0.3) is 0 Å². The summed E-state index contributed by atoms with van der Waals surface area (Å²) in [6.07, 6.45) is 0. The Bertz CT molecular complexity index is 649. The van der Waals surface area contributed by atoms with Crippen LogP contribution in [0.4, 0.5) is 15.8 Å². The zero-order valence-corrected chi connectivity index (χ0v) is 12.1. The standard InChI is InChI=1S/C15H14ClFN2O2/c1-21-14-5-3-2-4-13(14)18-9-15(20)19-10-6-7-12(17)11(16)8-10/h2-8,18H,9H2,1H3,(H,19,20). The first-order valence-electron chi connectivity index (χ1n) is 6.22. The zero-order valence-electron chi connectivity index (χ0n) is 11.3. The predicted octanol–water partition coefficient (Wildman–Crippen LogP) is 3.54. The summed E-state index contributed by atoms with van der Waals surface area (Å²) in [7, 11) is 1.56. The second kappa shape index (κ2) is 6.95. The van der Waals surface area contributed by atoms with Crippen LogP contribution in [0.25, 0.3) is 0 Å². The molecule has 0 atom stereocenters. The monoisotopic (exact) mass is 308 g/mol. The van der Waals surface area contributed by atoms with Crippen LogP contribution in [0.1, 0.15) is 0 Å². The Kier molecular flexibility index (Phi) is 5.00. The number of anilines is 2. The van der Waals surface area contributed by atoms with Crippen LogP contribution < -0.4 is 15.4 Å². The molecule has 0 saturated heterocycles. The van der Waals surface area contributed by atoms with Crippen LogP contribution in [0.3, 0.4) is 0 Å². The predicted molar refractivity (Wildman–Crippen MR) is 81.5 cm³/mol. The van der Waals surface area contributed by atoms with Gasteiger partial charge >= 0.3 is 0 Å². The number of para-hydroxylation sites is 2. The van der Waals surface area contributed by atoms with E-state index in [2.05, 4.69) is 10.6 Å². The summed E-state index contributed by atoms with van der Waals surface area (Å²) in [4.78, 5) is 11.8. The number of nitrogens with one attached hydrogen (secondary N) is 2. The van der Waals surface area contributed by atoms with Crippen molar-refractivity contribution in [2.75, 3.05) is 24.3 Å². The van der Waals surface area contributed by atoms with Crippen LogP contribution in [0.15, 0.2) is 42.5 Å². The van der Waals surface area contributed by atoms with E-state index in [0.29, 0.717) is 17.1 Å². The van der Waals surface area contributed by atoms with Crippen molar-refractivity contribution in [1.82, 2.24) is 0 Å². The quantitative estimate of drug-likeness (QED) is 0.888. The first-order valence-corrected chi connectivity index (χ1v) is 6.59. The molecule has 0 aliphatic rings. The van der Waals surface area contributed by atoms with Crippen molar-refractivity contribution in [2.24, 2.45) is 0 Å². The minimum Gasteiger partial charge on any atom is -0.495 e. The molecule has 0 aromatic heterocycles. The van der Waals surface area contributed by atoms with Gasteiger partial charge in [0.05, 0.1) is 24.4 Å². The first-order chi connectivity index (χ1) is 10.1. The molecule has 110 valence electrons. The number of halogens is 2. The van der Waals surface area contributed by atoms with Crippen LogP contribution in [0.5, 0.6) is 5.75 Å². The lowest BCUT2D eigenvalue weighted by Gasteiger charge is -2.11. The zero-order chi connectivity index (χ0) is 15.2. The summed E-state index contributed by atoms with van der Waals surface area (Å²) in [5, 5.41) is 5.55. The molecular weight excluding hydrogens is 295 g/mol. The van der Waals surface area contributed by atoms with Gasteiger partial charge in [0.1, 0.15) is 11.6 Å². The smallest absolute Gasteiger partial charge is 0.243 e. The molecule has 0 bridgehead atoms. The highest BCUT2D eigenvalue weighted by Crippen LogP contribution is 2.23. The molecular formula is C15H14ClFN2O2. The molecule has 2 rings (SSSR count). The van der Waals surface area contributed by atoms with E-state index in [9.17, 15) is 9.18 Å². The Hall–Kier alpha value is -2.27. The molecule has 0 saturated carbocycles. The van der Waals surface area contributed by atoms with Gasteiger partial charge in [-0.15, -0.1) is 0 Å². The molecule has 0 unspecified atom stereocenters. The van der Waals surface area contributed by atoms with Crippen molar-refractivity contribution in [1.29, 1.82) is 0 Å². The summed E-state index contributed by atoms with van der Waals surface area (Å²) in [6, 6.07) is 11.3. The molecule has 2 aromatic carbocycles. The van der Waals surface area contributed by atoms with Crippen LogP contribution in [0, 0.1) is 5.82 Å². The average molecular weight is 309 g/mol. The Labute approximate surface area is 126 Å². The first kappa shape index (κ1) is 15.1. The van der Waals surface area contributed by atoms with Gasteiger partial charge in [-0.1, -0.05) is 23.7 Å². The number of carbonyl (C=O) groups excluding carboxylic acids is 1. The van der Waals surface area contributed by atoms with Gasteiger partial charge in [0.2, 0.25) is 5.91 Å². The highest BCUT2D eigenvalue weighted by molar-refractivity contribution is 6.31. The normalized spacial score (nSPS) is 10.0. The number of hydrogen-bond donors (Lipinski definition) is 2. The number of hydrogen-bond acceptors (Lipinski definition) is 3. The fraction of sp³-hybridized carbons (Fsp3) is 0.133. The van der Waals surface area contributed by atoms with Gasteiger partial charge in [-0.05, 0) is 30.3 Å². The lowest BCUT2D eigenvalue weighted by atomic mass is 10.3. The number of benzene rings is 2. The van der Waals surface area contributed by atoms with E-state index < -0.39 is 5.82 Å². The van der Waals surface area contributed by atoms with Gasteiger partial charge in [-0.2, -0.15) is 0 Å². The molecule has 6 heteroatoms. The number of carbonyl (C=O) groups is 1. The Morgan fingerprint density at radius 1 is 1.29 bits per heavy atom. The van der Waals surface area contributed by atoms with Crippen molar-refractivity contribution in [3.05, 3.63) is 53.3 Å². The maximum absolute atomic E-state index is 13.0. The van der Waals surface area contributed by atoms with Crippen LogP contribution in [-0.4, -0.2) is 19.6 Å². The van der Waals surface area contributed by atoms with E-state index in [1.54, 1.807) is 19.2 Å². The Morgan fingerprint density at radius 3 is 2.76 bits per heavy atom. The Balaban J connectivity index is 1.94. The van der Waals surface area contributed by atoms with Gasteiger partial charge < -0.3 is 15.4 Å². The molecule has 0 aliphatic heterocycles. The topological polar surface area (TPSA) is 50.4 Å². The van der Waals surface area contributed by atoms with E-state index in [-0.39, 0.29) is 17.5 Å². The van der Waals surface area contributed by atoms with Crippen LogP contribution in [-0.2, 0) is 4.79 Å². The van der Waals surface area contributed by atoms with Gasteiger partial charge in [0, 0.05) is 5.69 Å². The number of rotatable bonds is 5. The number of methoxy groups -OCH3 is 1. The average Bonchev–Trinajstić information content (AvgIpc) is 2.49. The van der Waals surface area contributed by atoms with Gasteiger partial charge in [-0.3, -0.25) is 4.79 Å². The number of ether oxygens (including phenoxy) is 1. The van der Waals surface area contributed by atoms with Gasteiger partial charge in [-0.25, -0.2) is 4.39 Å². The molecule has 0 spiro atoms. The molecule has 0 aliphatic carbocycles. The molecule has 2 aromatic rings. The van der Waals surface area contributed by atoms with Crippen molar-refractivity contribution >= 4 is 28.9 Å². The summed E-state index contributed by atoms with van der Waals surface area (Å²) >= 11 is 5.65. The largest absolute Gasteiger partial charge is 0.495 e. The fourth-order valence-electron chi connectivity index (χ4n) is 1.75. The highest BCUT2D eigenvalue weighted by Gasteiger charge is 2.07. The lowest BCUT2D eigenvalue weighted by Crippen LogP contribution is -2.21. The fourth-order valence-corrected chi connectivity index (χ4v) is 1.93. The third-order valence-electron chi connectivity index (χ3n) is 2.75. The molecule has 0 fully saturated rings. The van der Waals surface area contributed by atoms with Crippen molar-refractivity contribution in [3.8, 4) is 5.75 Å². The minimum atomic E-state index is -0.526. The lowest BCUT2D eigenvalue weighted by molar-refractivity contribution is -0.114. The second-order valence-electron chi connectivity index (χ2n) is 4.23. The van der Waals surface area contributed by atoms with E-state index in [4.69, 9.17) is 16.3 Å². The third kappa shape index (κ3) is 4.10. The van der Waals surface area contributed by atoms with Crippen molar-refractivity contribution < 1.29 is 13.9 Å². The van der Waals surface area contributed by atoms with E-state index in [1.165, 1.54) is 18.2 Å². The maximum Gasteiger partial charge on any atom is 0.243 e. The molecule has 1 amide bonds. The van der Waals surface area contributed by atoms with Gasteiger partial charge in [0.15, 0.2) is 0 Å². The maximum atomic E-state index is 13.0. The van der Waals surface area contributed by atoms with E-state index in [1.807, 2.05) is 12.1 Å². The van der Waals surface area contributed by atoms with Crippen LogP contribution >= 0.6 is 11.6 Å². The second-order valence-corrected chi connectivity index (χ2v) is 4.64. The Morgan fingerprint density at radius 2 is 2.05 bits per heavy atom. The summed E-state index contributed by atoms with van der Waals surface area (Å²) < 4.78 is 18.2. The van der Waals surface area contributed by atoms with E-state index >= 15 is 0 Å². The van der Waals surface area contributed by atoms with Crippen molar-refractivity contribution in [2.45, 2.75) is 0 Å². The minimum absolute atomic E-state index is 0.0366. The SMILES string of the molecule is COc1ccccc1NCC(=O)Nc1ccc(F)c(Cl)c1. The van der Waals surface area contributed by atoms with Crippen molar-refractivity contribution in [3.63, 3.8) is 0 Å². The molecule has 4 nitrogen and oxygen atoms in total. The summed E-state index contributed by atoms with van der Waals surface area (Å²) in [5.41, 5.74) is 1.15. The molecule has 21 heavy (non-hydrogen) atoms. The summed E-state index contributed by atoms with van der Waals surface area (Å²) in [5.74, 6) is -0.152.